The maximum Gasteiger partial charge on any atom is 0.410 e. The number of amides is 1. The molecule has 1 amide bonds. The molecule has 1 saturated carbocycles. The summed E-state index contributed by atoms with van der Waals surface area (Å²) in [7, 11) is 5.29. The Kier molecular flexibility index (Phi) is 6.08. The number of nitrogens with zero attached hydrogens (tertiary/aromatic N) is 5. The van der Waals surface area contributed by atoms with E-state index in [-0.39, 0.29) is 12.7 Å². The van der Waals surface area contributed by atoms with Crippen molar-refractivity contribution in [1.82, 2.24) is 19.7 Å². The standard InChI is InChI=1S/C21H29N5O4/c1-24(15-5-4-6-15)21(27)30-14-18-16(13-22-25(18)2)17-7-8-19(28-3)20(23-17)26-9-11-29-12-10-26/h7-8,13,15H,4-6,9-12,14H2,1-3H3. The predicted octanol–water partition coefficient (Wildman–Crippen LogP) is 2.45. The third kappa shape index (κ3) is 4.07. The Morgan fingerprint density at radius 2 is 2.07 bits per heavy atom. The zero-order valence-electron chi connectivity index (χ0n) is 17.8. The van der Waals surface area contributed by atoms with Crippen LogP contribution in [0.1, 0.15) is 25.0 Å². The summed E-state index contributed by atoms with van der Waals surface area (Å²) in [4.78, 5) is 21.1. The van der Waals surface area contributed by atoms with Gasteiger partial charge in [-0.15, -0.1) is 0 Å². The van der Waals surface area contributed by atoms with E-state index in [0.717, 1.165) is 54.4 Å². The lowest BCUT2D eigenvalue weighted by atomic mass is 9.92. The number of carbonyl (C=O) groups excluding carboxylic acids is 1. The number of anilines is 1. The number of aryl methyl sites for hydroxylation is 1. The summed E-state index contributed by atoms with van der Waals surface area (Å²) in [6, 6.07) is 4.12. The maximum absolute atomic E-state index is 12.4. The van der Waals surface area contributed by atoms with E-state index in [1.807, 2.05) is 19.2 Å². The highest BCUT2D eigenvalue weighted by Gasteiger charge is 2.27. The van der Waals surface area contributed by atoms with Crippen molar-refractivity contribution in [2.24, 2.45) is 7.05 Å². The minimum absolute atomic E-state index is 0.141. The highest BCUT2D eigenvalue weighted by Crippen LogP contribution is 2.32. The second kappa shape index (κ2) is 8.91. The van der Waals surface area contributed by atoms with Crippen molar-refractivity contribution in [3.05, 3.63) is 24.0 Å². The van der Waals surface area contributed by atoms with Gasteiger partial charge in [0.25, 0.3) is 0 Å². The lowest BCUT2D eigenvalue weighted by molar-refractivity contribution is 0.0734. The molecule has 1 aliphatic carbocycles. The number of hydrogen-bond acceptors (Lipinski definition) is 7. The van der Waals surface area contributed by atoms with E-state index in [4.69, 9.17) is 19.2 Å². The van der Waals surface area contributed by atoms with Crippen molar-refractivity contribution in [2.45, 2.75) is 31.9 Å². The lowest BCUT2D eigenvalue weighted by Gasteiger charge is -2.33. The van der Waals surface area contributed by atoms with E-state index in [1.165, 1.54) is 6.42 Å². The van der Waals surface area contributed by atoms with E-state index in [0.29, 0.717) is 19.3 Å². The van der Waals surface area contributed by atoms with Crippen LogP contribution in [-0.2, 0) is 23.1 Å². The van der Waals surface area contributed by atoms with Gasteiger partial charge < -0.3 is 24.0 Å². The van der Waals surface area contributed by atoms with Gasteiger partial charge in [-0.1, -0.05) is 0 Å². The fourth-order valence-electron chi connectivity index (χ4n) is 3.75. The van der Waals surface area contributed by atoms with Gasteiger partial charge in [-0.05, 0) is 31.4 Å². The Morgan fingerprint density at radius 3 is 2.73 bits per heavy atom. The quantitative estimate of drug-likeness (QED) is 0.717. The van der Waals surface area contributed by atoms with Crippen LogP contribution >= 0.6 is 0 Å². The lowest BCUT2D eigenvalue weighted by Crippen LogP contribution is -2.41. The number of ether oxygens (including phenoxy) is 3. The molecule has 0 radical (unpaired) electrons. The fraction of sp³-hybridized carbons (Fsp3) is 0.571. The Bertz CT molecular complexity index is 890. The van der Waals surface area contributed by atoms with Gasteiger partial charge in [-0.3, -0.25) is 4.68 Å². The van der Waals surface area contributed by atoms with E-state index < -0.39 is 0 Å². The molecule has 0 N–H and O–H groups in total. The van der Waals surface area contributed by atoms with Gasteiger partial charge in [0.15, 0.2) is 11.6 Å². The Hall–Kier alpha value is -2.81. The number of aromatic nitrogens is 3. The molecule has 2 aromatic rings. The second-order valence-electron chi connectivity index (χ2n) is 7.70. The van der Waals surface area contributed by atoms with Crippen molar-refractivity contribution in [3.63, 3.8) is 0 Å². The summed E-state index contributed by atoms with van der Waals surface area (Å²) in [5, 5.41) is 4.37. The molecule has 9 heteroatoms. The van der Waals surface area contributed by atoms with Gasteiger partial charge in [-0.2, -0.15) is 5.10 Å². The Morgan fingerprint density at radius 1 is 1.30 bits per heavy atom. The zero-order chi connectivity index (χ0) is 21.1. The first-order valence-electron chi connectivity index (χ1n) is 10.4. The average molecular weight is 415 g/mol. The summed E-state index contributed by atoms with van der Waals surface area (Å²) in [5.41, 5.74) is 2.41. The molecule has 1 saturated heterocycles. The van der Waals surface area contributed by atoms with Crippen LogP contribution in [-0.4, -0.2) is 72.3 Å². The van der Waals surface area contributed by atoms with Crippen molar-refractivity contribution < 1.29 is 19.0 Å². The number of carbonyl (C=O) groups is 1. The molecule has 0 unspecified atom stereocenters. The summed E-state index contributed by atoms with van der Waals surface area (Å²) in [6.45, 7) is 2.99. The van der Waals surface area contributed by atoms with Crippen LogP contribution in [0, 0.1) is 0 Å². The number of methoxy groups -OCH3 is 1. The molecule has 0 spiro atoms. The van der Waals surface area contributed by atoms with E-state index in [9.17, 15) is 4.79 Å². The van der Waals surface area contributed by atoms with Gasteiger partial charge in [0, 0.05) is 38.8 Å². The molecule has 0 aromatic carbocycles. The first-order valence-corrected chi connectivity index (χ1v) is 10.4. The van der Waals surface area contributed by atoms with E-state index >= 15 is 0 Å². The molecule has 162 valence electrons. The van der Waals surface area contributed by atoms with Crippen LogP contribution in [0.3, 0.4) is 0 Å². The molecule has 1 aliphatic heterocycles. The van der Waals surface area contributed by atoms with Gasteiger partial charge in [0.2, 0.25) is 0 Å². The van der Waals surface area contributed by atoms with Crippen molar-refractivity contribution in [1.29, 1.82) is 0 Å². The van der Waals surface area contributed by atoms with Crippen molar-refractivity contribution in [2.75, 3.05) is 45.4 Å². The third-order valence-corrected chi connectivity index (χ3v) is 5.95. The van der Waals surface area contributed by atoms with E-state index in [1.54, 1.807) is 29.9 Å². The van der Waals surface area contributed by atoms with Crippen molar-refractivity contribution >= 4 is 11.9 Å². The molecule has 4 rings (SSSR count). The van der Waals surface area contributed by atoms with E-state index in [2.05, 4.69) is 10.00 Å². The van der Waals surface area contributed by atoms with Crippen LogP contribution in [0.15, 0.2) is 18.3 Å². The first kappa shape index (κ1) is 20.5. The molecule has 2 aromatic heterocycles. The molecule has 3 heterocycles. The SMILES string of the molecule is COc1ccc(-c2cnn(C)c2COC(=O)N(C)C2CCC2)nc1N1CCOCC1. The van der Waals surface area contributed by atoms with Gasteiger partial charge in [-0.25, -0.2) is 9.78 Å². The topological polar surface area (TPSA) is 82.0 Å². The molecule has 0 atom stereocenters. The summed E-state index contributed by atoms with van der Waals surface area (Å²) < 4.78 is 18.3. The molecule has 2 aliphatic rings. The summed E-state index contributed by atoms with van der Waals surface area (Å²) in [6.07, 6.45) is 4.72. The van der Waals surface area contributed by atoms with Gasteiger partial charge >= 0.3 is 6.09 Å². The zero-order valence-corrected chi connectivity index (χ0v) is 17.8. The average Bonchev–Trinajstić information content (AvgIpc) is 3.11. The Balaban J connectivity index is 1.55. The largest absolute Gasteiger partial charge is 0.493 e. The maximum atomic E-state index is 12.4. The minimum atomic E-state index is -0.302. The number of rotatable bonds is 6. The summed E-state index contributed by atoms with van der Waals surface area (Å²) in [5.74, 6) is 1.51. The van der Waals surface area contributed by atoms with Gasteiger partial charge in [0.05, 0.1) is 37.9 Å². The monoisotopic (exact) mass is 415 g/mol. The number of pyridine rings is 1. The molecule has 0 bridgehead atoms. The minimum Gasteiger partial charge on any atom is -0.493 e. The van der Waals surface area contributed by atoms with Crippen LogP contribution < -0.4 is 9.64 Å². The van der Waals surface area contributed by atoms with Crippen molar-refractivity contribution in [3.8, 4) is 17.0 Å². The van der Waals surface area contributed by atoms with Crippen LogP contribution in [0.25, 0.3) is 11.3 Å². The number of hydrogen-bond donors (Lipinski definition) is 0. The third-order valence-electron chi connectivity index (χ3n) is 5.95. The second-order valence-corrected chi connectivity index (χ2v) is 7.70. The Labute approximate surface area is 176 Å². The molecular formula is C21H29N5O4. The smallest absolute Gasteiger partial charge is 0.410 e. The summed E-state index contributed by atoms with van der Waals surface area (Å²) >= 11 is 0. The van der Waals surface area contributed by atoms with Gasteiger partial charge in [0.1, 0.15) is 6.61 Å². The highest BCUT2D eigenvalue weighted by molar-refractivity contribution is 5.69. The van der Waals surface area contributed by atoms with Crippen LogP contribution in [0.2, 0.25) is 0 Å². The van der Waals surface area contributed by atoms with Crippen LogP contribution in [0.4, 0.5) is 10.6 Å². The molecule has 9 nitrogen and oxygen atoms in total. The molecule has 30 heavy (non-hydrogen) atoms. The fourth-order valence-corrected chi connectivity index (χ4v) is 3.75. The van der Waals surface area contributed by atoms with Crippen LogP contribution in [0.5, 0.6) is 5.75 Å². The predicted molar refractivity (Wildman–Crippen MR) is 112 cm³/mol. The normalized spacial score (nSPS) is 16.8. The highest BCUT2D eigenvalue weighted by atomic mass is 16.6. The molecule has 2 fully saturated rings. The molecular weight excluding hydrogens is 386 g/mol. The first-order chi connectivity index (χ1) is 14.6. The number of morpholine rings is 1.